The van der Waals surface area contributed by atoms with E-state index in [0.717, 1.165) is 11.4 Å². The van der Waals surface area contributed by atoms with Crippen LogP contribution in [0, 0.1) is 6.92 Å². The van der Waals surface area contributed by atoms with Crippen molar-refractivity contribution >= 4 is 29.1 Å². The van der Waals surface area contributed by atoms with E-state index in [9.17, 15) is 0 Å². The molecule has 8 heteroatoms. The molecule has 0 spiro atoms. The zero-order valence-corrected chi connectivity index (χ0v) is 12.7. The molecular formula is C12H18ClN7. The molecule has 0 saturated carbocycles. The van der Waals surface area contributed by atoms with E-state index >= 15 is 0 Å². The van der Waals surface area contributed by atoms with E-state index in [-0.39, 0.29) is 0 Å². The Labute approximate surface area is 122 Å². The number of aryl methyl sites for hydroxylation is 1. The van der Waals surface area contributed by atoms with Crippen molar-refractivity contribution in [1.29, 1.82) is 0 Å². The van der Waals surface area contributed by atoms with Crippen LogP contribution in [0.25, 0.3) is 0 Å². The van der Waals surface area contributed by atoms with Crippen LogP contribution in [0.3, 0.4) is 0 Å². The monoisotopic (exact) mass is 295 g/mol. The van der Waals surface area contributed by atoms with Gasteiger partial charge >= 0.3 is 0 Å². The molecule has 2 aromatic rings. The largest absolute Gasteiger partial charge is 0.372 e. The Morgan fingerprint density at radius 2 is 2.10 bits per heavy atom. The number of nitrogens with zero attached hydrogens (tertiary/aromatic N) is 4. The number of hydrogen-bond acceptors (Lipinski definition) is 6. The first-order chi connectivity index (χ1) is 9.31. The van der Waals surface area contributed by atoms with Gasteiger partial charge in [0.2, 0.25) is 5.95 Å². The highest BCUT2D eigenvalue weighted by atomic mass is 35.5. The Hall–Kier alpha value is -1.86. The normalized spacial score (nSPS) is 11.5. The van der Waals surface area contributed by atoms with E-state index in [4.69, 9.17) is 17.3 Å². The molecule has 0 bridgehead atoms. The summed E-state index contributed by atoms with van der Waals surface area (Å²) in [4.78, 5) is 8.40. The van der Waals surface area contributed by atoms with Crippen LogP contribution >= 0.6 is 11.6 Å². The summed E-state index contributed by atoms with van der Waals surface area (Å²) in [5, 5.41) is 10.8. The summed E-state index contributed by atoms with van der Waals surface area (Å²) in [6.45, 7) is 5.64. The molecule has 0 amide bonds. The average molecular weight is 296 g/mol. The van der Waals surface area contributed by atoms with E-state index in [2.05, 4.69) is 25.7 Å². The molecule has 0 aromatic carbocycles. The molecule has 0 fully saturated rings. The highest BCUT2D eigenvalue weighted by Crippen LogP contribution is 2.23. The van der Waals surface area contributed by atoms with Gasteiger partial charge in [0.25, 0.3) is 0 Å². The molecule has 20 heavy (non-hydrogen) atoms. The van der Waals surface area contributed by atoms with Gasteiger partial charge in [-0.3, -0.25) is 4.68 Å². The molecule has 4 N–H and O–H groups in total. The first-order valence-corrected chi connectivity index (χ1v) is 6.52. The Morgan fingerprint density at radius 1 is 1.40 bits per heavy atom. The zero-order chi connectivity index (χ0) is 14.9. The predicted octanol–water partition coefficient (Wildman–Crippen LogP) is 2.07. The molecule has 2 rings (SSSR count). The van der Waals surface area contributed by atoms with Crippen molar-refractivity contribution in [3.63, 3.8) is 0 Å². The van der Waals surface area contributed by atoms with Gasteiger partial charge in [0.1, 0.15) is 16.5 Å². The summed E-state index contributed by atoms with van der Waals surface area (Å²) < 4.78 is 1.69. The van der Waals surface area contributed by atoms with Crippen LogP contribution < -0.4 is 16.4 Å². The molecule has 0 saturated heterocycles. The van der Waals surface area contributed by atoms with Crippen LogP contribution in [0.5, 0.6) is 0 Å². The maximum atomic E-state index is 6.01. The van der Waals surface area contributed by atoms with Crippen LogP contribution in [-0.4, -0.2) is 26.8 Å². The number of aromatic nitrogens is 4. The van der Waals surface area contributed by atoms with Gasteiger partial charge in [0, 0.05) is 7.05 Å². The third-order valence-corrected chi connectivity index (χ3v) is 2.99. The minimum atomic E-state index is -0.568. The topological polar surface area (TPSA) is 93.7 Å². The molecule has 0 aliphatic rings. The summed E-state index contributed by atoms with van der Waals surface area (Å²) >= 11 is 5.95. The predicted molar refractivity (Wildman–Crippen MR) is 80.3 cm³/mol. The standard InChI is InChI=1S/C12H18ClN7/c1-7-9(6-20(19-7)12(2,3)14)17-11-16-5-8(13)10(15-4)18-11/h5-6H,14H2,1-4H3,(H2,15,16,17,18). The number of nitrogens with two attached hydrogens (primary N) is 1. The lowest BCUT2D eigenvalue weighted by Gasteiger charge is -2.18. The van der Waals surface area contributed by atoms with Crippen molar-refractivity contribution < 1.29 is 0 Å². The van der Waals surface area contributed by atoms with Gasteiger partial charge in [-0.25, -0.2) is 4.98 Å². The number of nitrogens with one attached hydrogen (secondary N) is 2. The SMILES string of the molecule is CNc1nc(Nc2cn(C(C)(C)N)nc2C)ncc1Cl. The number of halogens is 1. The molecule has 0 aliphatic heterocycles. The fourth-order valence-corrected chi connectivity index (χ4v) is 1.79. The second-order valence-electron chi connectivity index (χ2n) is 4.99. The van der Waals surface area contributed by atoms with Gasteiger partial charge in [0.15, 0.2) is 0 Å². The Kier molecular flexibility index (Phi) is 3.82. The highest BCUT2D eigenvalue weighted by molar-refractivity contribution is 6.32. The zero-order valence-electron chi connectivity index (χ0n) is 11.9. The Bertz CT molecular complexity index is 615. The summed E-state index contributed by atoms with van der Waals surface area (Å²) in [6, 6.07) is 0. The average Bonchev–Trinajstić information content (AvgIpc) is 2.73. The third-order valence-electron chi connectivity index (χ3n) is 2.72. The van der Waals surface area contributed by atoms with E-state index < -0.39 is 5.66 Å². The molecule has 2 aromatic heterocycles. The van der Waals surface area contributed by atoms with Gasteiger partial charge in [-0.2, -0.15) is 10.1 Å². The fraction of sp³-hybridized carbons (Fsp3) is 0.417. The summed E-state index contributed by atoms with van der Waals surface area (Å²) in [7, 11) is 1.75. The number of rotatable bonds is 4. The van der Waals surface area contributed by atoms with Gasteiger partial charge in [-0.15, -0.1) is 0 Å². The first-order valence-electron chi connectivity index (χ1n) is 6.14. The lowest BCUT2D eigenvalue weighted by atomic mass is 10.3. The summed E-state index contributed by atoms with van der Waals surface area (Å²) in [5.74, 6) is 1.00. The van der Waals surface area contributed by atoms with Crippen molar-refractivity contribution in [2.75, 3.05) is 17.7 Å². The fourth-order valence-electron chi connectivity index (χ4n) is 1.60. The Morgan fingerprint density at radius 3 is 2.65 bits per heavy atom. The van der Waals surface area contributed by atoms with Crippen LogP contribution in [-0.2, 0) is 5.66 Å². The third kappa shape index (κ3) is 3.00. The second-order valence-corrected chi connectivity index (χ2v) is 5.40. The minimum absolute atomic E-state index is 0.441. The second kappa shape index (κ2) is 5.26. The van der Waals surface area contributed by atoms with Crippen molar-refractivity contribution in [1.82, 2.24) is 19.7 Å². The molecule has 0 atom stereocenters. The van der Waals surface area contributed by atoms with E-state index in [1.54, 1.807) is 11.7 Å². The van der Waals surface area contributed by atoms with Gasteiger partial charge in [0.05, 0.1) is 23.8 Å². The van der Waals surface area contributed by atoms with Crippen LogP contribution in [0.4, 0.5) is 17.5 Å². The van der Waals surface area contributed by atoms with Crippen LogP contribution in [0.1, 0.15) is 19.5 Å². The van der Waals surface area contributed by atoms with Crippen LogP contribution in [0.15, 0.2) is 12.4 Å². The maximum absolute atomic E-state index is 6.01. The summed E-state index contributed by atoms with van der Waals surface area (Å²) in [5.41, 5.74) is 7.06. The minimum Gasteiger partial charge on any atom is -0.372 e. The molecule has 0 radical (unpaired) electrons. The highest BCUT2D eigenvalue weighted by Gasteiger charge is 2.17. The lowest BCUT2D eigenvalue weighted by Crippen LogP contribution is -2.36. The molecule has 2 heterocycles. The molecule has 0 aliphatic carbocycles. The van der Waals surface area contributed by atoms with Crippen molar-refractivity contribution in [2.24, 2.45) is 5.73 Å². The molecule has 108 valence electrons. The lowest BCUT2D eigenvalue weighted by molar-refractivity contribution is 0.331. The van der Waals surface area contributed by atoms with E-state index in [1.807, 2.05) is 27.0 Å². The van der Waals surface area contributed by atoms with Crippen LogP contribution in [0.2, 0.25) is 5.02 Å². The maximum Gasteiger partial charge on any atom is 0.229 e. The quantitative estimate of drug-likeness (QED) is 0.799. The smallest absolute Gasteiger partial charge is 0.229 e. The van der Waals surface area contributed by atoms with Crippen molar-refractivity contribution in [2.45, 2.75) is 26.4 Å². The number of anilines is 3. The van der Waals surface area contributed by atoms with E-state index in [0.29, 0.717) is 16.8 Å². The summed E-state index contributed by atoms with van der Waals surface area (Å²) in [6.07, 6.45) is 3.36. The Balaban J connectivity index is 2.28. The number of hydrogen-bond donors (Lipinski definition) is 3. The molecule has 0 unspecified atom stereocenters. The molecule has 7 nitrogen and oxygen atoms in total. The van der Waals surface area contributed by atoms with Gasteiger partial charge in [-0.05, 0) is 20.8 Å². The first kappa shape index (κ1) is 14.5. The van der Waals surface area contributed by atoms with Gasteiger partial charge in [-0.1, -0.05) is 11.6 Å². The van der Waals surface area contributed by atoms with Crippen molar-refractivity contribution in [3.05, 3.63) is 23.1 Å². The molecular weight excluding hydrogens is 278 g/mol. The van der Waals surface area contributed by atoms with E-state index in [1.165, 1.54) is 6.20 Å². The van der Waals surface area contributed by atoms with Gasteiger partial charge < -0.3 is 16.4 Å². The van der Waals surface area contributed by atoms with Crippen molar-refractivity contribution in [3.8, 4) is 0 Å².